The van der Waals surface area contributed by atoms with Gasteiger partial charge in [0.05, 0.1) is 28.4 Å². The fourth-order valence-corrected chi connectivity index (χ4v) is 3.74. The van der Waals surface area contributed by atoms with Crippen molar-refractivity contribution < 1.29 is 36.6 Å². The highest BCUT2D eigenvalue weighted by atomic mass is 79.9. The molecule has 2 amide bonds. The zero-order chi connectivity index (χ0) is 27.2. The Kier molecular flexibility index (Phi) is 9.11. The fraction of sp³-hybridized carbons (Fsp3) is 0.125. The third-order valence-electron chi connectivity index (χ3n) is 4.71. The molecule has 0 saturated heterocycles. The van der Waals surface area contributed by atoms with Crippen molar-refractivity contribution in [1.82, 2.24) is 5.43 Å². The van der Waals surface area contributed by atoms with Gasteiger partial charge in [-0.2, -0.15) is 18.3 Å². The molecule has 0 unspecified atom stereocenters. The molecule has 7 nitrogen and oxygen atoms in total. The zero-order valence-corrected chi connectivity index (χ0v) is 21.2. The monoisotopic (exact) mass is 601 g/mol. The van der Waals surface area contributed by atoms with Crippen LogP contribution in [-0.4, -0.2) is 25.1 Å². The first-order valence-electron chi connectivity index (χ1n) is 10.2. The molecular formula is C24H17BrClF4N3O4. The highest BCUT2D eigenvalue weighted by molar-refractivity contribution is 9.10. The van der Waals surface area contributed by atoms with Gasteiger partial charge in [0, 0.05) is 11.3 Å². The topological polar surface area (TPSA) is 89.0 Å². The molecule has 2 N–H and O–H groups in total. The predicted molar refractivity (Wildman–Crippen MR) is 132 cm³/mol. The van der Waals surface area contributed by atoms with E-state index in [-0.39, 0.29) is 34.4 Å². The van der Waals surface area contributed by atoms with Crippen molar-refractivity contribution in [3.8, 4) is 11.5 Å². The first-order valence-corrected chi connectivity index (χ1v) is 11.4. The highest BCUT2D eigenvalue weighted by Gasteiger charge is 2.30. The van der Waals surface area contributed by atoms with Crippen LogP contribution in [0.4, 0.5) is 23.2 Å². The lowest BCUT2D eigenvalue weighted by molar-refractivity contribution is -0.137. The Morgan fingerprint density at radius 1 is 1.11 bits per heavy atom. The van der Waals surface area contributed by atoms with Gasteiger partial charge in [0.25, 0.3) is 0 Å². The molecule has 0 atom stereocenters. The van der Waals surface area contributed by atoms with Crippen LogP contribution in [0.3, 0.4) is 0 Å². The van der Waals surface area contributed by atoms with Crippen LogP contribution >= 0.6 is 27.5 Å². The van der Waals surface area contributed by atoms with Gasteiger partial charge in [0.1, 0.15) is 12.4 Å². The Labute approximate surface area is 221 Å². The molecule has 0 fully saturated rings. The van der Waals surface area contributed by atoms with Gasteiger partial charge in [-0.1, -0.05) is 23.7 Å². The predicted octanol–water partition coefficient (Wildman–Crippen LogP) is 5.94. The molecule has 0 spiro atoms. The minimum Gasteiger partial charge on any atom is -0.493 e. The second kappa shape index (κ2) is 12.1. The second-order valence-corrected chi connectivity index (χ2v) is 8.52. The van der Waals surface area contributed by atoms with E-state index < -0.39 is 29.4 Å². The molecule has 0 aliphatic heterocycles. The number of hydrogen-bond donors (Lipinski definition) is 2. The number of halogens is 6. The number of amides is 2. The normalized spacial score (nSPS) is 11.3. The summed E-state index contributed by atoms with van der Waals surface area (Å²) in [5, 5.41) is 5.94. The molecule has 194 valence electrons. The van der Waals surface area contributed by atoms with Crippen LogP contribution in [0.2, 0.25) is 5.02 Å². The van der Waals surface area contributed by atoms with Crippen LogP contribution < -0.4 is 20.2 Å². The van der Waals surface area contributed by atoms with E-state index in [1.54, 1.807) is 6.07 Å². The summed E-state index contributed by atoms with van der Waals surface area (Å²) >= 11 is 9.35. The van der Waals surface area contributed by atoms with Gasteiger partial charge in [-0.15, -0.1) is 0 Å². The Morgan fingerprint density at radius 3 is 2.51 bits per heavy atom. The van der Waals surface area contributed by atoms with Gasteiger partial charge in [-0.05, 0) is 64.0 Å². The van der Waals surface area contributed by atoms with Crippen molar-refractivity contribution in [3.63, 3.8) is 0 Å². The third kappa shape index (κ3) is 7.43. The van der Waals surface area contributed by atoms with Crippen LogP contribution in [-0.2, 0) is 22.4 Å². The van der Waals surface area contributed by atoms with Crippen LogP contribution in [0.5, 0.6) is 11.5 Å². The molecular weight excluding hydrogens is 586 g/mol. The van der Waals surface area contributed by atoms with Gasteiger partial charge in [0.15, 0.2) is 11.5 Å². The molecule has 37 heavy (non-hydrogen) atoms. The molecule has 0 aliphatic rings. The van der Waals surface area contributed by atoms with E-state index in [1.165, 1.54) is 43.7 Å². The molecule has 13 heteroatoms. The van der Waals surface area contributed by atoms with E-state index in [0.29, 0.717) is 16.1 Å². The number of nitrogens with one attached hydrogen (secondary N) is 2. The Morgan fingerprint density at radius 2 is 1.84 bits per heavy atom. The largest absolute Gasteiger partial charge is 0.493 e. The molecule has 3 rings (SSSR count). The number of rotatable bonds is 7. The molecule has 0 bridgehead atoms. The lowest BCUT2D eigenvalue weighted by atomic mass is 10.2. The van der Waals surface area contributed by atoms with Crippen LogP contribution in [0, 0.1) is 5.82 Å². The first kappa shape index (κ1) is 27.9. The Hall–Kier alpha value is -3.64. The van der Waals surface area contributed by atoms with Crippen LogP contribution in [0.15, 0.2) is 64.2 Å². The quantitative estimate of drug-likeness (QED) is 0.152. The number of ether oxygens (including phenoxy) is 2. The summed E-state index contributed by atoms with van der Waals surface area (Å²) in [7, 11) is 1.38. The lowest BCUT2D eigenvalue weighted by Crippen LogP contribution is -2.32. The van der Waals surface area contributed by atoms with Crippen molar-refractivity contribution >= 4 is 51.2 Å². The summed E-state index contributed by atoms with van der Waals surface area (Å²) in [6.45, 7) is -0.176. The first-order chi connectivity index (χ1) is 17.5. The lowest BCUT2D eigenvalue weighted by Gasteiger charge is -2.14. The molecule has 0 saturated carbocycles. The van der Waals surface area contributed by atoms with Crippen molar-refractivity contribution in [2.24, 2.45) is 5.10 Å². The number of hydrazone groups is 1. The molecule has 0 aromatic heterocycles. The maximum absolute atomic E-state index is 14.0. The average molecular weight is 603 g/mol. The summed E-state index contributed by atoms with van der Waals surface area (Å²) in [5.41, 5.74) is 1.37. The molecule has 0 heterocycles. The van der Waals surface area contributed by atoms with Gasteiger partial charge in [-0.25, -0.2) is 9.82 Å². The van der Waals surface area contributed by atoms with Gasteiger partial charge < -0.3 is 14.8 Å². The molecule has 0 radical (unpaired) electrons. The SMILES string of the molecule is COc1cc(/C=N/NC(=O)C(=O)Nc2cccc(C(F)(F)F)c2)cc(Br)c1OCc1c(F)cccc1Cl. The van der Waals surface area contributed by atoms with Gasteiger partial charge in [0.2, 0.25) is 0 Å². The second-order valence-electron chi connectivity index (χ2n) is 7.25. The maximum Gasteiger partial charge on any atom is 0.416 e. The fourth-order valence-electron chi connectivity index (χ4n) is 2.95. The summed E-state index contributed by atoms with van der Waals surface area (Å²) in [6, 6.07) is 11.1. The van der Waals surface area contributed by atoms with Crippen LogP contribution in [0.1, 0.15) is 16.7 Å². The summed E-state index contributed by atoms with van der Waals surface area (Å²) < 4.78 is 63.8. The van der Waals surface area contributed by atoms with E-state index >= 15 is 0 Å². The Balaban J connectivity index is 1.64. The van der Waals surface area contributed by atoms with Gasteiger partial charge in [-0.3, -0.25) is 9.59 Å². The number of methoxy groups -OCH3 is 1. The van der Waals surface area contributed by atoms with E-state index in [0.717, 1.165) is 12.1 Å². The third-order valence-corrected chi connectivity index (χ3v) is 5.65. The van der Waals surface area contributed by atoms with E-state index in [9.17, 15) is 27.2 Å². The van der Waals surface area contributed by atoms with E-state index in [1.807, 2.05) is 5.43 Å². The molecule has 0 aliphatic carbocycles. The summed E-state index contributed by atoms with van der Waals surface area (Å²) in [5.74, 6) is -2.45. The molecule has 3 aromatic rings. The van der Waals surface area contributed by atoms with Gasteiger partial charge >= 0.3 is 18.0 Å². The molecule has 3 aromatic carbocycles. The number of carbonyl (C=O) groups is 2. The average Bonchev–Trinajstić information content (AvgIpc) is 2.84. The van der Waals surface area contributed by atoms with E-state index in [2.05, 4.69) is 26.3 Å². The number of carbonyl (C=O) groups excluding carboxylic acids is 2. The number of alkyl halides is 3. The highest BCUT2D eigenvalue weighted by Crippen LogP contribution is 2.37. The summed E-state index contributed by atoms with van der Waals surface area (Å²) in [4.78, 5) is 24.0. The zero-order valence-electron chi connectivity index (χ0n) is 18.8. The van der Waals surface area contributed by atoms with Crippen LogP contribution in [0.25, 0.3) is 0 Å². The maximum atomic E-state index is 14.0. The number of anilines is 1. The standard InChI is InChI=1S/C24H17BrClF4N3O4/c1-36-20-9-13(8-17(25)21(20)37-12-16-18(26)6-3-7-19(16)27)11-31-33-23(35)22(34)32-15-5-2-4-14(10-15)24(28,29)30/h2-11H,12H2,1H3,(H,32,34)(H,33,35)/b31-11+. The van der Waals surface area contributed by atoms with E-state index in [4.69, 9.17) is 21.1 Å². The Bertz CT molecular complexity index is 1330. The number of nitrogens with zero attached hydrogens (tertiary/aromatic N) is 1. The number of benzene rings is 3. The number of hydrogen-bond acceptors (Lipinski definition) is 5. The minimum absolute atomic E-state index is 0.162. The minimum atomic E-state index is -4.60. The smallest absolute Gasteiger partial charge is 0.416 e. The van der Waals surface area contributed by atoms with Crippen molar-refractivity contribution in [3.05, 3.63) is 86.6 Å². The summed E-state index contributed by atoms with van der Waals surface area (Å²) in [6.07, 6.45) is -3.41. The van der Waals surface area contributed by atoms with Crippen molar-refractivity contribution in [2.75, 3.05) is 12.4 Å². The van der Waals surface area contributed by atoms with Crippen molar-refractivity contribution in [2.45, 2.75) is 12.8 Å². The van der Waals surface area contributed by atoms with Crippen molar-refractivity contribution in [1.29, 1.82) is 0 Å².